The second-order valence-corrected chi connectivity index (χ2v) is 3.19. The van der Waals surface area contributed by atoms with Crippen molar-refractivity contribution >= 4 is 18.1 Å². The van der Waals surface area contributed by atoms with E-state index >= 15 is 0 Å². The predicted octanol–water partition coefficient (Wildman–Crippen LogP) is 2.21. The van der Waals surface area contributed by atoms with Gasteiger partial charge in [-0.25, -0.2) is 9.97 Å². The van der Waals surface area contributed by atoms with Crippen molar-refractivity contribution in [2.45, 2.75) is 20.8 Å². The molecular weight excluding hydrogens is 204 g/mol. The van der Waals surface area contributed by atoms with E-state index < -0.39 is 0 Å². The molecule has 0 fully saturated rings. The van der Waals surface area contributed by atoms with Crippen molar-refractivity contribution in [3.05, 3.63) is 23.3 Å². The third-order valence-electron chi connectivity index (χ3n) is 2.00. The van der Waals surface area contributed by atoms with Gasteiger partial charge in [0.1, 0.15) is 17.9 Å². The number of aromatic nitrogens is 2. The summed E-state index contributed by atoms with van der Waals surface area (Å²) in [6.07, 6.45) is 4.93. The fraction of sp³-hybridized carbons (Fsp3) is 0.364. The van der Waals surface area contributed by atoms with Gasteiger partial charge in [0.15, 0.2) is 0 Å². The molecule has 0 saturated carbocycles. The molecule has 5 heteroatoms. The Morgan fingerprint density at radius 2 is 2.25 bits per heavy atom. The number of nitrogens with zero attached hydrogens (tertiary/aromatic N) is 3. The summed E-state index contributed by atoms with van der Waals surface area (Å²) in [4.78, 5) is 13.4. The minimum Gasteiger partial charge on any atom is -0.373 e. The smallest absolute Gasteiger partial charge is 0.134 e. The summed E-state index contributed by atoms with van der Waals surface area (Å²) in [5, 5.41) is 6.69. The number of hydrogen-bond donors (Lipinski definition) is 1. The van der Waals surface area contributed by atoms with Gasteiger partial charge < -0.3 is 10.2 Å². The van der Waals surface area contributed by atoms with Gasteiger partial charge in [0, 0.05) is 24.9 Å². The predicted molar refractivity (Wildman–Crippen MR) is 65.2 cm³/mol. The lowest BCUT2D eigenvalue weighted by atomic mass is 10.2. The molecule has 0 aliphatic rings. The minimum atomic E-state index is 0.682. The normalized spacial score (nSPS) is 11.9. The van der Waals surface area contributed by atoms with E-state index in [1.807, 2.05) is 27.0 Å². The molecule has 86 valence electrons. The lowest BCUT2D eigenvalue weighted by Crippen LogP contribution is -1.99. The lowest BCUT2D eigenvalue weighted by molar-refractivity contribution is 0.234. The second kappa shape index (κ2) is 5.85. The maximum Gasteiger partial charge on any atom is 0.134 e. The van der Waals surface area contributed by atoms with E-state index in [2.05, 4.69) is 20.4 Å². The zero-order chi connectivity index (χ0) is 12.0. The number of anilines is 1. The molecule has 1 heterocycles. The van der Waals surface area contributed by atoms with E-state index in [9.17, 15) is 0 Å². The quantitative estimate of drug-likeness (QED) is 0.480. The van der Waals surface area contributed by atoms with Crippen molar-refractivity contribution in [2.75, 3.05) is 12.4 Å². The van der Waals surface area contributed by atoms with Crippen LogP contribution in [0.5, 0.6) is 0 Å². The van der Waals surface area contributed by atoms with Crippen molar-refractivity contribution < 1.29 is 4.84 Å². The molecule has 0 bridgehead atoms. The van der Waals surface area contributed by atoms with Crippen molar-refractivity contribution in [3.63, 3.8) is 0 Å². The molecule has 0 unspecified atom stereocenters. The second-order valence-electron chi connectivity index (χ2n) is 3.19. The van der Waals surface area contributed by atoms with Crippen LogP contribution in [0.1, 0.15) is 25.1 Å². The van der Waals surface area contributed by atoms with Gasteiger partial charge in [-0.05, 0) is 20.8 Å². The van der Waals surface area contributed by atoms with E-state index in [1.54, 1.807) is 13.1 Å². The molecule has 0 radical (unpaired) electrons. The Kier molecular flexibility index (Phi) is 4.44. The first kappa shape index (κ1) is 12.2. The van der Waals surface area contributed by atoms with Crippen LogP contribution in [0.25, 0.3) is 6.08 Å². The first-order chi connectivity index (χ1) is 7.69. The summed E-state index contributed by atoms with van der Waals surface area (Å²) < 4.78 is 0. The van der Waals surface area contributed by atoms with Gasteiger partial charge in [-0.15, -0.1) is 0 Å². The molecule has 1 aromatic rings. The maximum atomic E-state index is 5.07. The van der Waals surface area contributed by atoms with E-state index in [1.165, 1.54) is 6.33 Å². The topological polar surface area (TPSA) is 59.4 Å². The van der Waals surface area contributed by atoms with Crippen LogP contribution in [0.15, 0.2) is 17.2 Å². The molecule has 0 spiro atoms. The zero-order valence-corrected chi connectivity index (χ0v) is 9.98. The van der Waals surface area contributed by atoms with Crippen LogP contribution in [0.3, 0.4) is 0 Å². The molecule has 0 aliphatic heterocycles. The fourth-order valence-electron chi connectivity index (χ4n) is 1.22. The number of oxime groups is 1. The van der Waals surface area contributed by atoms with Crippen molar-refractivity contribution in [1.29, 1.82) is 0 Å². The average Bonchev–Trinajstić information content (AvgIpc) is 2.29. The minimum absolute atomic E-state index is 0.682. The Balaban J connectivity index is 2.96. The first-order valence-electron chi connectivity index (χ1n) is 5.01. The van der Waals surface area contributed by atoms with E-state index in [0.717, 1.165) is 17.1 Å². The summed E-state index contributed by atoms with van der Waals surface area (Å²) in [5.74, 6) is 1.50. The van der Waals surface area contributed by atoms with Crippen molar-refractivity contribution in [2.24, 2.45) is 5.16 Å². The monoisotopic (exact) mass is 220 g/mol. The fourth-order valence-corrected chi connectivity index (χ4v) is 1.22. The highest BCUT2D eigenvalue weighted by Gasteiger charge is 2.03. The summed E-state index contributed by atoms with van der Waals surface area (Å²) in [6.45, 7) is 5.57. The molecule has 16 heavy (non-hydrogen) atoms. The largest absolute Gasteiger partial charge is 0.373 e. The Labute approximate surface area is 95.2 Å². The lowest BCUT2D eigenvalue weighted by Gasteiger charge is -2.06. The van der Waals surface area contributed by atoms with Crippen molar-refractivity contribution in [3.8, 4) is 0 Å². The number of nitrogens with one attached hydrogen (secondary N) is 1. The average molecular weight is 220 g/mol. The highest BCUT2D eigenvalue weighted by Crippen LogP contribution is 2.16. The van der Waals surface area contributed by atoms with Gasteiger partial charge in [-0.1, -0.05) is 5.16 Å². The van der Waals surface area contributed by atoms with E-state index in [-0.39, 0.29) is 0 Å². The third kappa shape index (κ3) is 3.05. The summed E-state index contributed by atoms with van der Waals surface area (Å²) in [5.41, 5.74) is 1.80. The van der Waals surface area contributed by atoms with Crippen LogP contribution in [0.2, 0.25) is 0 Å². The molecule has 1 rings (SSSR count). The summed E-state index contributed by atoms with van der Waals surface area (Å²) in [7, 11) is 1.83. The number of allylic oxidation sites excluding steroid dienone is 1. The van der Waals surface area contributed by atoms with Crippen LogP contribution in [0.4, 0.5) is 5.82 Å². The Bertz CT molecular complexity index is 412. The summed E-state index contributed by atoms with van der Waals surface area (Å²) in [6, 6.07) is 0. The van der Waals surface area contributed by atoms with Gasteiger partial charge in [0.05, 0.1) is 5.69 Å². The molecular formula is C11H16N4O. The Morgan fingerprint density at radius 1 is 1.50 bits per heavy atom. The Hall–Kier alpha value is -1.91. The highest BCUT2D eigenvalue weighted by atomic mass is 16.6. The number of rotatable bonds is 4. The van der Waals surface area contributed by atoms with Crippen LogP contribution in [-0.4, -0.2) is 23.2 Å². The highest BCUT2D eigenvalue weighted by molar-refractivity contribution is 5.58. The summed E-state index contributed by atoms with van der Waals surface area (Å²) >= 11 is 0. The molecule has 0 atom stereocenters. The number of hydrogen-bond acceptors (Lipinski definition) is 5. The third-order valence-corrected chi connectivity index (χ3v) is 2.00. The van der Waals surface area contributed by atoms with Crippen LogP contribution in [0, 0.1) is 6.92 Å². The SMILES string of the molecule is C/C=N/O/C(C)=C/c1ncnc(NC)c1C. The molecule has 5 nitrogen and oxygen atoms in total. The Morgan fingerprint density at radius 3 is 2.88 bits per heavy atom. The van der Waals surface area contributed by atoms with Crippen LogP contribution < -0.4 is 5.32 Å². The van der Waals surface area contributed by atoms with E-state index in [4.69, 9.17) is 4.84 Å². The van der Waals surface area contributed by atoms with Gasteiger partial charge in [-0.2, -0.15) is 0 Å². The van der Waals surface area contributed by atoms with Gasteiger partial charge >= 0.3 is 0 Å². The van der Waals surface area contributed by atoms with Crippen LogP contribution in [-0.2, 0) is 4.84 Å². The van der Waals surface area contributed by atoms with Gasteiger partial charge in [0.25, 0.3) is 0 Å². The van der Waals surface area contributed by atoms with Crippen LogP contribution >= 0.6 is 0 Å². The molecule has 0 aliphatic carbocycles. The first-order valence-corrected chi connectivity index (χ1v) is 5.01. The molecule has 0 amide bonds. The van der Waals surface area contributed by atoms with E-state index in [0.29, 0.717) is 5.76 Å². The van der Waals surface area contributed by atoms with Gasteiger partial charge in [-0.3, -0.25) is 0 Å². The molecule has 0 aromatic carbocycles. The van der Waals surface area contributed by atoms with Gasteiger partial charge in [0.2, 0.25) is 0 Å². The molecule has 0 saturated heterocycles. The van der Waals surface area contributed by atoms with Crippen molar-refractivity contribution in [1.82, 2.24) is 9.97 Å². The zero-order valence-electron chi connectivity index (χ0n) is 9.98. The molecule has 1 aromatic heterocycles. The molecule has 1 N–H and O–H groups in total. The standard InChI is InChI=1S/C11H16N4O/c1-5-15-16-8(2)6-10-9(3)11(12-4)14-7-13-10/h5-7H,1-4H3,(H,12,13,14)/b8-6+,15-5+. The maximum absolute atomic E-state index is 5.07.